The second-order valence-electron chi connectivity index (χ2n) is 5.30. The van der Waals surface area contributed by atoms with Gasteiger partial charge in [0.25, 0.3) is 10.5 Å². The lowest BCUT2D eigenvalue weighted by Crippen LogP contribution is -2.57. The second-order valence-corrected chi connectivity index (χ2v) is 7.25. The Bertz CT molecular complexity index is 538. The van der Waals surface area contributed by atoms with Crippen LogP contribution >= 0.6 is 11.8 Å². The van der Waals surface area contributed by atoms with Gasteiger partial charge in [-0.25, -0.2) is 8.42 Å². The summed E-state index contributed by atoms with van der Waals surface area (Å²) >= 11 is 2.07. The fraction of sp³-hybridized carbons (Fsp3) is 0.538. The molecule has 1 heterocycles. The van der Waals surface area contributed by atoms with Crippen LogP contribution in [0.25, 0.3) is 0 Å². The number of hydrogen-bond donors (Lipinski definition) is 0. The van der Waals surface area contributed by atoms with Gasteiger partial charge in [-0.2, -0.15) is 0 Å². The first kappa shape index (κ1) is 18.2. The smallest absolute Gasteiger partial charge is 0.255 e. The molecular weight excluding hydrogens is 317 g/mol. The van der Waals surface area contributed by atoms with E-state index in [2.05, 4.69) is 38.0 Å². The van der Waals surface area contributed by atoms with E-state index >= 15 is 0 Å². The lowest BCUT2D eigenvalue weighted by atomic mass is 10.2. The summed E-state index contributed by atoms with van der Waals surface area (Å²) in [5.41, 5.74) is 1.39. The number of quaternary nitrogens is 1. The second kappa shape index (κ2) is 7.44. The van der Waals surface area contributed by atoms with E-state index in [1.807, 2.05) is 12.1 Å². The van der Waals surface area contributed by atoms with Gasteiger partial charge in [0.15, 0.2) is 0 Å². The van der Waals surface area contributed by atoms with Gasteiger partial charge in [-0.1, -0.05) is 23.9 Å². The van der Waals surface area contributed by atoms with Crippen LogP contribution in [0.3, 0.4) is 0 Å². The highest BCUT2D eigenvalue weighted by molar-refractivity contribution is 7.99. The van der Waals surface area contributed by atoms with Crippen molar-refractivity contribution in [2.24, 2.45) is 0 Å². The number of halogens is 1. The van der Waals surface area contributed by atoms with Crippen LogP contribution in [0.2, 0.25) is 0 Å². The van der Waals surface area contributed by atoms with Crippen LogP contribution in [-0.2, 0) is 16.3 Å². The SMILES string of the molecule is COc1ccc(CSC2CC[N+]2(C)C)cc1.O=S(=O)([O-])F. The Hall–Kier alpha value is -0.830. The summed E-state index contributed by atoms with van der Waals surface area (Å²) in [7, 11) is 0.919. The van der Waals surface area contributed by atoms with Crippen LogP contribution in [-0.4, -0.2) is 50.6 Å². The molecule has 1 saturated heterocycles. The molecule has 2 rings (SSSR count). The molecule has 1 unspecified atom stereocenters. The quantitative estimate of drug-likeness (QED) is 0.478. The fourth-order valence-corrected chi connectivity index (χ4v) is 3.31. The lowest BCUT2D eigenvalue weighted by Gasteiger charge is -2.46. The molecule has 0 saturated carbocycles. The molecule has 1 aliphatic heterocycles. The van der Waals surface area contributed by atoms with Crippen molar-refractivity contribution < 1.29 is 26.1 Å². The highest BCUT2D eigenvalue weighted by Crippen LogP contribution is 2.34. The van der Waals surface area contributed by atoms with Crippen molar-refractivity contribution in [3.63, 3.8) is 0 Å². The molecule has 8 heteroatoms. The zero-order valence-corrected chi connectivity index (χ0v) is 13.9. The molecule has 0 N–H and O–H groups in total. The number of rotatable bonds is 4. The first-order valence-corrected chi connectivity index (χ1v) is 8.70. The predicted molar refractivity (Wildman–Crippen MR) is 80.5 cm³/mol. The molecule has 1 atom stereocenters. The Morgan fingerprint density at radius 1 is 1.38 bits per heavy atom. The van der Waals surface area contributed by atoms with Crippen molar-refractivity contribution in [1.82, 2.24) is 0 Å². The molecule has 0 aromatic heterocycles. The maximum Gasteiger partial charge on any atom is 0.255 e. The first-order valence-electron chi connectivity index (χ1n) is 6.34. The Balaban J connectivity index is 0.000000383. The van der Waals surface area contributed by atoms with Gasteiger partial charge >= 0.3 is 0 Å². The van der Waals surface area contributed by atoms with Crippen molar-refractivity contribution in [3.8, 4) is 5.75 Å². The minimum atomic E-state index is -5.42. The number of nitrogens with zero attached hydrogens (tertiary/aromatic N) is 1. The summed E-state index contributed by atoms with van der Waals surface area (Å²) in [4.78, 5) is 0. The van der Waals surface area contributed by atoms with Crippen LogP contribution in [0.1, 0.15) is 12.0 Å². The van der Waals surface area contributed by atoms with Crippen molar-refractivity contribution in [3.05, 3.63) is 29.8 Å². The summed E-state index contributed by atoms with van der Waals surface area (Å²) in [5, 5.41) is 0.780. The summed E-state index contributed by atoms with van der Waals surface area (Å²) in [5.74, 6) is 2.05. The van der Waals surface area contributed by atoms with Gasteiger partial charge in [0, 0.05) is 5.75 Å². The van der Waals surface area contributed by atoms with Crippen molar-refractivity contribution in [1.29, 1.82) is 0 Å². The third-order valence-corrected chi connectivity index (χ3v) is 5.02. The molecule has 21 heavy (non-hydrogen) atoms. The molecule has 1 aromatic carbocycles. The van der Waals surface area contributed by atoms with E-state index in [0.717, 1.165) is 16.9 Å². The third kappa shape index (κ3) is 7.12. The van der Waals surface area contributed by atoms with Crippen LogP contribution < -0.4 is 4.74 Å². The van der Waals surface area contributed by atoms with E-state index in [9.17, 15) is 3.89 Å². The largest absolute Gasteiger partial charge is 0.722 e. The average Bonchev–Trinajstić information content (AvgIpc) is 2.36. The topological polar surface area (TPSA) is 66.4 Å². The van der Waals surface area contributed by atoms with E-state index < -0.39 is 10.5 Å². The molecule has 5 nitrogen and oxygen atoms in total. The third-order valence-electron chi connectivity index (χ3n) is 3.33. The minimum absolute atomic E-state index is 0.780. The van der Waals surface area contributed by atoms with Crippen LogP contribution in [0.5, 0.6) is 5.75 Å². The molecule has 1 aliphatic rings. The van der Waals surface area contributed by atoms with Gasteiger partial charge in [0.2, 0.25) is 0 Å². The fourth-order valence-electron chi connectivity index (χ4n) is 1.95. The molecule has 0 spiro atoms. The summed E-state index contributed by atoms with van der Waals surface area (Å²) in [6.45, 7) is 1.32. The Morgan fingerprint density at radius 3 is 2.24 bits per heavy atom. The normalized spacial score (nSPS) is 20.0. The van der Waals surface area contributed by atoms with Gasteiger partial charge in [-0.3, -0.25) is 0 Å². The Labute approximate surface area is 129 Å². The zero-order chi connectivity index (χ0) is 16.1. The Kier molecular flexibility index (Phi) is 6.45. The van der Waals surface area contributed by atoms with Crippen LogP contribution in [0.4, 0.5) is 3.89 Å². The highest BCUT2D eigenvalue weighted by Gasteiger charge is 2.38. The number of benzene rings is 1. The van der Waals surface area contributed by atoms with Gasteiger partial charge in [0.1, 0.15) is 11.1 Å². The number of hydrogen-bond acceptors (Lipinski definition) is 5. The molecule has 0 bridgehead atoms. The van der Waals surface area contributed by atoms with Crippen LogP contribution in [0.15, 0.2) is 24.3 Å². The molecular formula is C13H20FNO4S2. The number of ether oxygens (including phenoxy) is 1. The minimum Gasteiger partial charge on any atom is -0.722 e. The van der Waals surface area contributed by atoms with E-state index in [0.29, 0.717) is 0 Å². The summed E-state index contributed by atoms with van der Waals surface area (Å²) < 4.78 is 41.7. The summed E-state index contributed by atoms with van der Waals surface area (Å²) in [6, 6.07) is 8.39. The van der Waals surface area contributed by atoms with Crippen LogP contribution in [0, 0.1) is 0 Å². The van der Waals surface area contributed by atoms with Crippen molar-refractivity contribution >= 4 is 22.3 Å². The molecule has 1 aromatic rings. The molecule has 0 amide bonds. The molecule has 120 valence electrons. The highest BCUT2D eigenvalue weighted by atomic mass is 32.3. The van der Waals surface area contributed by atoms with Gasteiger partial charge in [-0.15, -0.1) is 3.89 Å². The number of methoxy groups -OCH3 is 1. The van der Waals surface area contributed by atoms with Gasteiger partial charge < -0.3 is 13.8 Å². The van der Waals surface area contributed by atoms with Gasteiger partial charge in [-0.05, 0) is 17.7 Å². The van der Waals surface area contributed by atoms with Crippen molar-refractivity contribution in [2.45, 2.75) is 17.5 Å². The van der Waals surface area contributed by atoms with E-state index in [1.54, 1.807) is 7.11 Å². The first-order chi connectivity index (χ1) is 9.62. The summed E-state index contributed by atoms with van der Waals surface area (Å²) in [6.07, 6.45) is 1.35. The predicted octanol–water partition coefficient (Wildman–Crippen LogP) is 2.15. The molecule has 1 fully saturated rings. The van der Waals surface area contributed by atoms with Crippen molar-refractivity contribution in [2.75, 3.05) is 27.7 Å². The maximum absolute atomic E-state index is 10.1. The van der Waals surface area contributed by atoms with E-state index in [-0.39, 0.29) is 0 Å². The number of likely N-dealkylation sites (tertiary alicyclic amines) is 1. The molecule has 0 aliphatic carbocycles. The van der Waals surface area contributed by atoms with E-state index in [4.69, 9.17) is 17.7 Å². The lowest BCUT2D eigenvalue weighted by molar-refractivity contribution is -0.939. The maximum atomic E-state index is 10.1. The zero-order valence-electron chi connectivity index (χ0n) is 12.3. The van der Waals surface area contributed by atoms with E-state index in [1.165, 1.54) is 23.0 Å². The Morgan fingerprint density at radius 2 is 1.90 bits per heavy atom. The number of thioether (sulfide) groups is 1. The monoisotopic (exact) mass is 337 g/mol. The van der Waals surface area contributed by atoms with Gasteiger partial charge in [0.05, 0.1) is 34.2 Å². The average molecular weight is 337 g/mol. The molecule has 0 radical (unpaired) electrons. The standard InChI is InChI=1S/C13H20NOS.FHO3S/c1-14(2)9-8-13(14)16-10-11-4-6-12(15-3)7-5-11;1-5(2,3)4/h4-7,13H,8-10H2,1-3H3;(H,2,3,4)/q+1;/p-1.